The summed E-state index contributed by atoms with van der Waals surface area (Å²) in [5, 5.41) is 19.4. The fourth-order valence-corrected chi connectivity index (χ4v) is 4.81. The van der Waals surface area contributed by atoms with Gasteiger partial charge in [-0.05, 0) is 67.5 Å². The third-order valence-electron chi connectivity index (χ3n) is 4.87. The molecule has 158 valence electrons. The minimum absolute atomic E-state index is 0.00944. The molecule has 0 saturated heterocycles. The number of nitrogens with one attached hydrogen (secondary N) is 1. The number of ether oxygens (including phenoxy) is 1. The number of rotatable bonds is 5. The fraction of sp³-hybridized carbons (Fsp3) is 0.368. The van der Waals surface area contributed by atoms with Gasteiger partial charge in [0.1, 0.15) is 17.2 Å². The van der Waals surface area contributed by atoms with Crippen molar-refractivity contribution in [1.29, 1.82) is 0 Å². The van der Waals surface area contributed by atoms with E-state index in [1.54, 1.807) is 6.07 Å². The van der Waals surface area contributed by atoms with Crippen LogP contribution in [0.25, 0.3) is 0 Å². The third kappa shape index (κ3) is 5.54. The lowest BCUT2D eigenvalue weighted by atomic mass is 9.81. The van der Waals surface area contributed by atoms with Gasteiger partial charge in [-0.15, -0.1) is 13.2 Å². The second-order valence-corrected chi connectivity index (χ2v) is 8.65. The summed E-state index contributed by atoms with van der Waals surface area (Å²) in [4.78, 5) is -0.148. The van der Waals surface area contributed by atoms with Crippen molar-refractivity contribution in [1.82, 2.24) is 4.72 Å². The SMILES string of the molecule is O=S(=O)(N[C@H]1CC[C@@H](c2ccc(O)cc2O)CC1)c1ccc(OC(F)(F)F)cc1. The van der Waals surface area contributed by atoms with Crippen molar-refractivity contribution in [2.75, 3.05) is 0 Å². The summed E-state index contributed by atoms with van der Waals surface area (Å²) in [6.45, 7) is 0. The highest BCUT2D eigenvalue weighted by atomic mass is 32.2. The Morgan fingerprint density at radius 1 is 0.966 bits per heavy atom. The Bertz CT molecular complexity index is 953. The van der Waals surface area contributed by atoms with E-state index in [1.807, 2.05) is 0 Å². The first-order chi connectivity index (χ1) is 13.5. The largest absolute Gasteiger partial charge is 0.573 e. The van der Waals surface area contributed by atoms with Crippen molar-refractivity contribution in [2.24, 2.45) is 0 Å². The average Bonchev–Trinajstić information content (AvgIpc) is 2.61. The highest BCUT2D eigenvalue weighted by molar-refractivity contribution is 7.89. The molecule has 0 radical (unpaired) electrons. The number of alkyl halides is 3. The highest BCUT2D eigenvalue weighted by Crippen LogP contribution is 2.38. The van der Waals surface area contributed by atoms with Crippen LogP contribution in [0, 0.1) is 0 Å². The molecule has 0 atom stereocenters. The molecule has 1 saturated carbocycles. The molecular weight excluding hydrogens is 411 g/mol. The van der Waals surface area contributed by atoms with Crippen LogP contribution in [0.1, 0.15) is 37.2 Å². The molecule has 1 aliphatic carbocycles. The molecule has 0 spiro atoms. The van der Waals surface area contributed by atoms with Gasteiger partial charge in [0.2, 0.25) is 10.0 Å². The molecule has 3 N–H and O–H groups in total. The molecule has 2 aromatic rings. The summed E-state index contributed by atoms with van der Waals surface area (Å²) < 4.78 is 67.9. The van der Waals surface area contributed by atoms with Crippen LogP contribution in [-0.2, 0) is 10.0 Å². The van der Waals surface area contributed by atoms with Crippen molar-refractivity contribution >= 4 is 10.0 Å². The Hall–Kier alpha value is -2.46. The third-order valence-corrected chi connectivity index (χ3v) is 6.41. The van der Waals surface area contributed by atoms with E-state index < -0.39 is 22.1 Å². The van der Waals surface area contributed by atoms with E-state index in [0.29, 0.717) is 31.2 Å². The Labute approximate surface area is 166 Å². The maximum atomic E-state index is 12.5. The molecule has 1 aliphatic rings. The van der Waals surface area contributed by atoms with Gasteiger partial charge in [0, 0.05) is 12.1 Å². The standard InChI is InChI=1S/C19H20F3NO5S/c20-19(21,22)28-15-6-8-16(9-7-15)29(26,27)23-13-3-1-12(2-4-13)17-10-5-14(24)11-18(17)25/h5-13,23-25H,1-4H2/t12-,13+. The van der Waals surface area contributed by atoms with Crippen molar-refractivity contribution in [2.45, 2.75) is 48.9 Å². The molecule has 29 heavy (non-hydrogen) atoms. The van der Waals surface area contributed by atoms with E-state index in [0.717, 1.165) is 24.3 Å². The summed E-state index contributed by atoms with van der Waals surface area (Å²) in [6.07, 6.45) is -2.48. The molecule has 0 amide bonds. The lowest BCUT2D eigenvalue weighted by Crippen LogP contribution is -2.37. The first-order valence-corrected chi connectivity index (χ1v) is 10.4. The molecule has 0 heterocycles. The minimum Gasteiger partial charge on any atom is -0.508 e. The number of hydrogen-bond donors (Lipinski definition) is 3. The van der Waals surface area contributed by atoms with E-state index in [-0.39, 0.29) is 28.4 Å². The van der Waals surface area contributed by atoms with Crippen LogP contribution < -0.4 is 9.46 Å². The smallest absolute Gasteiger partial charge is 0.508 e. The van der Waals surface area contributed by atoms with Crippen LogP contribution in [-0.4, -0.2) is 31.0 Å². The number of phenolic OH excluding ortho intramolecular Hbond substituents is 2. The lowest BCUT2D eigenvalue weighted by molar-refractivity contribution is -0.274. The van der Waals surface area contributed by atoms with Gasteiger partial charge < -0.3 is 14.9 Å². The molecule has 0 bridgehead atoms. The van der Waals surface area contributed by atoms with Crippen LogP contribution in [0.4, 0.5) is 13.2 Å². The number of phenols is 2. The molecule has 0 unspecified atom stereocenters. The molecule has 2 aromatic carbocycles. The van der Waals surface area contributed by atoms with Gasteiger partial charge in [0.25, 0.3) is 0 Å². The molecule has 0 aliphatic heterocycles. The second kappa shape index (κ2) is 8.11. The Balaban J connectivity index is 1.60. The number of sulfonamides is 1. The number of hydrogen-bond acceptors (Lipinski definition) is 5. The van der Waals surface area contributed by atoms with Crippen molar-refractivity contribution in [3.8, 4) is 17.2 Å². The van der Waals surface area contributed by atoms with Crippen molar-refractivity contribution in [3.05, 3.63) is 48.0 Å². The summed E-state index contributed by atoms with van der Waals surface area (Å²) in [5.41, 5.74) is 0.712. The maximum Gasteiger partial charge on any atom is 0.573 e. The zero-order chi connectivity index (χ0) is 21.2. The topological polar surface area (TPSA) is 95.9 Å². The molecular formula is C19H20F3NO5S. The fourth-order valence-electron chi connectivity index (χ4n) is 3.51. The first kappa shape index (κ1) is 21.3. The van der Waals surface area contributed by atoms with Gasteiger partial charge in [-0.2, -0.15) is 0 Å². The number of benzene rings is 2. The van der Waals surface area contributed by atoms with Gasteiger partial charge in [-0.25, -0.2) is 13.1 Å². The number of halogens is 3. The summed E-state index contributed by atoms with van der Waals surface area (Å²) in [7, 11) is -3.89. The summed E-state index contributed by atoms with van der Waals surface area (Å²) >= 11 is 0. The maximum absolute atomic E-state index is 12.5. The highest BCUT2D eigenvalue weighted by Gasteiger charge is 2.31. The zero-order valence-electron chi connectivity index (χ0n) is 15.2. The predicted octanol–water partition coefficient (Wildman–Crippen LogP) is 4.00. The van der Waals surface area contributed by atoms with Gasteiger partial charge in [-0.1, -0.05) is 6.07 Å². The van der Waals surface area contributed by atoms with Crippen LogP contribution in [0.5, 0.6) is 17.2 Å². The Kier molecular flexibility index (Phi) is 5.95. The van der Waals surface area contributed by atoms with E-state index in [4.69, 9.17) is 0 Å². The molecule has 3 rings (SSSR count). The molecule has 6 nitrogen and oxygen atoms in total. The normalized spacial score (nSPS) is 20.4. The summed E-state index contributed by atoms with van der Waals surface area (Å²) in [5.74, 6) is -0.463. The van der Waals surface area contributed by atoms with Crippen molar-refractivity contribution in [3.63, 3.8) is 0 Å². The van der Waals surface area contributed by atoms with Crippen LogP contribution in [0.2, 0.25) is 0 Å². The lowest BCUT2D eigenvalue weighted by Gasteiger charge is -2.29. The zero-order valence-corrected chi connectivity index (χ0v) is 16.0. The quantitative estimate of drug-likeness (QED) is 0.665. The van der Waals surface area contributed by atoms with Gasteiger partial charge >= 0.3 is 6.36 Å². The molecule has 0 aromatic heterocycles. The van der Waals surface area contributed by atoms with E-state index >= 15 is 0 Å². The monoisotopic (exact) mass is 431 g/mol. The molecule has 1 fully saturated rings. The van der Waals surface area contributed by atoms with Crippen molar-refractivity contribution < 1.29 is 36.5 Å². The minimum atomic E-state index is -4.84. The average molecular weight is 431 g/mol. The van der Waals surface area contributed by atoms with Crippen LogP contribution in [0.3, 0.4) is 0 Å². The van der Waals surface area contributed by atoms with E-state index in [9.17, 15) is 31.8 Å². The van der Waals surface area contributed by atoms with Gasteiger partial charge in [-0.3, -0.25) is 0 Å². The Morgan fingerprint density at radius 3 is 2.14 bits per heavy atom. The van der Waals surface area contributed by atoms with E-state index in [1.165, 1.54) is 12.1 Å². The molecule has 10 heteroatoms. The van der Waals surface area contributed by atoms with E-state index in [2.05, 4.69) is 9.46 Å². The predicted molar refractivity (Wildman–Crippen MR) is 98.2 cm³/mol. The van der Waals surface area contributed by atoms with Crippen LogP contribution in [0.15, 0.2) is 47.4 Å². The first-order valence-electron chi connectivity index (χ1n) is 8.93. The van der Waals surface area contributed by atoms with Gasteiger partial charge in [0.05, 0.1) is 4.90 Å². The van der Waals surface area contributed by atoms with Crippen LogP contribution >= 0.6 is 0 Å². The Morgan fingerprint density at radius 2 is 1.59 bits per heavy atom. The second-order valence-electron chi connectivity index (χ2n) is 6.93. The number of aromatic hydroxyl groups is 2. The summed E-state index contributed by atoms with van der Waals surface area (Å²) in [6, 6.07) is 8.13. The van der Waals surface area contributed by atoms with Gasteiger partial charge in [0.15, 0.2) is 0 Å².